The van der Waals surface area contributed by atoms with Crippen LogP contribution in [0.15, 0.2) is 53.6 Å². The molecule has 2 fully saturated rings. The van der Waals surface area contributed by atoms with E-state index in [-0.39, 0.29) is 11.5 Å². The average molecular weight is 441 g/mol. The Kier molecular flexibility index (Phi) is 5.55. The van der Waals surface area contributed by atoms with Gasteiger partial charge >= 0.3 is 0 Å². The summed E-state index contributed by atoms with van der Waals surface area (Å²) in [6, 6.07) is 13.7. The number of fused-ring (bicyclic) bond motifs is 2. The molecule has 3 heterocycles. The Hall–Kier alpha value is -2.64. The summed E-state index contributed by atoms with van der Waals surface area (Å²) in [5, 5.41) is 6.04. The van der Waals surface area contributed by atoms with E-state index in [4.69, 9.17) is 4.74 Å². The third-order valence-electron chi connectivity index (χ3n) is 7.17. The number of carbonyl (C=O) groups is 1. The fourth-order valence-corrected chi connectivity index (χ4v) is 5.66. The van der Waals surface area contributed by atoms with Gasteiger partial charge in [0.05, 0.1) is 24.4 Å². The van der Waals surface area contributed by atoms with E-state index in [9.17, 15) is 13.6 Å². The highest BCUT2D eigenvalue weighted by Gasteiger charge is 2.48. The number of ether oxygens (including phenoxy) is 1. The van der Waals surface area contributed by atoms with Crippen LogP contribution in [0.25, 0.3) is 0 Å². The molecular formula is C25H28F2N3O2+. The van der Waals surface area contributed by atoms with Crippen LogP contribution in [0, 0.1) is 11.6 Å². The first-order chi connectivity index (χ1) is 15.5. The molecule has 7 heteroatoms. The van der Waals surface area contributed by atoms with Gasteiger partial charge in [-0.05, 0) is 36.6 Å². The SMILES string of the molecule is CC(=O)N1N=C(c2cc(F)ccc2F)CC1(CCC[NH+]1CC2CC1CO2)c1ccccc1. The lowest BCUT2D eigenvalue weighted by molar-refractivity contribution is -0.919. The van der Waals surface area contributed by atoms with E-state index in [0.717, 1.165) is 50.2 Å². The molecule has 32 heavy (non-hydrogen) atoms. The molecule has 0 aromatic heterocycles. The predicted molar refractivity (Wildman–Crippen MR) is 116 cm³/mol. The molecule has 2 aromatic rings. The van der Waals surface area contributed by atoms with Crippen molar-refractivity contribution in [3.8, 4) is 0 Å². The van der Waals surface area contributed by atoms with Crippen molar-refractivity contribution in [3.05, 3.63) is 71.3 Å². The second-order valence-corrected chi connectivity index (χ2v) is 9.18. The first kappa shape index (κ1) is 21.2. The van der Waals surface area contributed by atoms with Crippen LogP contribution < -0.4 is 4.90 Å². The summed E-state index contributed by atoms with van der Waals surface area (Å²) < 4.78 is 34.2. The van der Waals surface area contributed by atoms with Crippen molar-refractivity contribution >= 4 is 11.6 Å². The molecule has 1 N–H and O–H groups in total. The topological polar surface area (TPSA) is 46.3 Å². The molecule has 0 saturated carbocycles. The number of halogens is 2. The maximum absolute atomic E-state index is 14.6. The number of hydrogen-bond donors (Lipinski definition) is 1. The first-order valence-electron chi connectivity index (χ1n) is 11.3. The zero-order chi connectivity index (χ0) is 22.3. The van der Waals surface area contributed by atoms with Crippen LogP contribution in [0.1, 0.15) is 43.7 Å². The number of hydrogen-bond acceptors (Lipinski definition) is 3. The molecule has 168 valence electrons. The highest BCUT2D eigenvalue weighted by molar-refractivity contribution is 6.03. The van der Waals surface area contributed by atoms with E-state index in [1.54, 1.807) is 4.90 Å². The minimum absolute atomic E-state index is 0.119. The molecule has 2 bridgehead atoms. The van der Waals surface area contributed by atoms with Crippen molar-refractivity contribution in [1.82, 2.24) is 5.01 Å². The maximum atomic E-state index is 14.6. The van der Waals surface area contributed by atoms with Crippen LogP contribution in [0.5, 0.6) is 0 Å². The van der Waals surface area contributed by atoms with Gasteiger partial charge in [-0.15, -0.1) is 0 Å². The van der Waals surface area contributed by atoms with Crippen molar-refractivity contribution in [1.29, 1.82) is 0 Å². The largest absolute Gasteiger partial charge is 0.366 e. The van der Waals surface area contributed by atoms with Gasteiger partial charge in [-0.25, -0.2) is 13.8 Å². The summed E-state index contributed by atoms with van der Waals surface area (Å²) in [5.41, 5.74) is 0.776. The summed E-state index contributed by atoms with van der Waals surface area (Å²) >= 11 is 0. The van der Waals surface area contributed by atoms with Gasteiger partial charge in [0.1, 0.15) is 30.3 Å². The smallest absolute Gasteiger partial charge is 0.240 e. The fourth-order valence-electron chi connectivity index (χ4n) is 5.66. The maximum Gasteiger partial charge on any atom is 0.240 e. The zero-order valence-electron chi connectivity index (χ0n) is 18.2. The van der Waals surface area contributed by atoms with E-state index < -0.39 is 17.2 Å². The molecule has 2 aromatic carbocycles. The first-order valence-corrected chi connectivity index (χ1v) is 11.3. The van der Waals surface area contributed by atoms with Crippen molar-refractivity contribution in [2.45, 2.75) is 50.3 Å². The molecule has 3 aliphatic heterocycles. The Bertz CT molecular complexity index is 1040. The van der Waals surface area contributed by atoms with Crippen LogP contribution in [-0.4, -0.2) is 48.5 Å². The number of nitrogens with one attached hydrogen (secondary N) is 1. The van der Waals surface area contributed by atoms with Gasteiger partial charge in [-0.3, -0.25) is 4.79 Å². The molecule has 4 unspecified atom stereocenters. The number of carbonyl (C=O) groups excluding carboxylic acids is 1. The number of morpholine rings is 1. The minimum atomic E-state index is -0.712. The summed E-state index contributed by atoms with van der Waals surface area (Å²) in [6.45, 7) is 4.34. The Balaban J connectivity index is 1.45. The second-order valence-electron chi connectivity index (χ2n) is 9.18. The number of hydrazone groups is 1. The fraction of sp³-hybridized carbons (Fsp3) is 0.440. The van der Waals surface area contributed by atoms with Crippen molar-refractivity contribution < 1.29 is 23.2 Å². The Morgan fingerprint density at radius 2 is 2.06 bits per heavy atom. The van der Waals surface area contributed by atoms with E-state index in [1.807, 2.05) is 30.3 Å². The van der Waals surface area contributed by atoms with E-state index in [0.29, 0.717) is 30.7 Å². The van der Waals surface area contributed by atoms with Gasteiger partial charge in [-0.1, -0.05) is 30.3 Å². The summed E-state index contributed by atoms with van der Waals surface area (Å²) in [7, 11) is 0. The molecular weight excluding hydrogens is 412 g/mol. The molecule has 5 nitrogen and oxygen atoms in total. The Morgan fingerprint density at radius 1 is 1.25 bits per heavy atom. The average Bonchev–Trinajstić information content (AvgIpc) is 3.51. The lowest BCUT2D eigenvalue weighted by Crippen LogP contribution is -3.15. The third-order valence-corrected chi connectivity index (χ3v) is 7.17. The van der Waals surface area contributed by atoms with E-state index in [2.05, 4.69) is 5.10 Å². The monoisotopic (exact) mass is 440 g/mol. The lowest BCUT2D eigenvalue weighted by atomic mass is 9.80. The van der Waals surface area contributed by atoms with Crippen molar-refractivity contribution in [2.75, 3.05) is 19.7 Å². The van der Waals surface area contributed by atoms with Gasteiger partial charge in [0, 0.05) is 25.3 Å². The highest BCUT2D eigenvalue weighted by Crippen LogP contribution is 2.43. The van der Waals surface area contributed by atoms with Crippen molar-refractivity contribution in [2.24, 2.45) is 5.10 Å². The summed E-state index contributed by atoms with van der Waals surface area (Å²) in [4.78, 5) is 14.3. The Labute approximate surface area is 186 Å². The molecule has 0 radical (unpaired) electrons. The Morgan fingerprint density at radius 3 is 2.75 bits per heavy atom. The molecule has 0 spiro atoms. The number of benzene rings is 2. The number of nitrogens with zero attached hydrogens (tertiary/aromatic N) is 2. The highest BCUT2D eigenvalue weighted by atomic mass is 19.1. The number of rotatable bonds is 6. The van der Waals surface area contributed by atoms with Gasteiger partial charge in [0.2, 0.25) is 5.91 Å². The van der Waals surface area contributed by atoms with Crippen LogP contribution >= 0.6 is 0 Å². The van der Waals surface area contributed by atoms with Gasteiger partial charge in [-0.2, -0.15) is 5.10 Å². The van der Waals surface area contributed by atoms with Crippen LogP contribution in [0.3, 0.4) is 0 Å². The lowest BCUT2D eigenvalue weighted by Gasteiger charge is -2.37. The van der Waals surface area contributed by atoms with E-state index >= 15 is 0 Å². The molecule has 1 amide bonds. The predicted octanol–water partition coefficient (Wildman–Crippen LogP) is 2.65. The third kappa shape index (κ3) is 3.73. The minimum Gasteiger partial charge on any atom is -0.366 e. The number of amides is 1. The van der Waals surface area contributed by atoms with E-state index in [1.165, 1.54) is 18.0 Å². The molecule has 0 aliphatic carbocycles. The summed E-state index contributed by atoms with van der Waals surface area (Å²) in [5.74, 6) is -1.26. The summed E-state index contributed by atoms with van der Waals surface area (Å²) in [6.07, 6.45) is 3.45. The van der Waals surface area contributed by atoms with Crippen LogP contribution in [-0.2, 0) is 15.1 Å². The van der Waals surface area contributed by atoms with Crippen LogP contribution in [0.4, 0.5) is 8.78 Å². The normalized spacial score (nSPS) is 28.9. The second kappa shape index (κ2) is 8.37. The quantitative estimate of drug-likeness (QED) is 0.751. The molecule has 3 aliphatic rings. The molecule has 2 saturated heterocycles. The standard InChI is InChI=1S/C25H27F2N3O2/c1-17(31)30-25(18-6-3-2-4-7-18,10-5-11-29-15-21-13-20(29)16-32-21)14-24(28-30)22-12-19(26)8-9-23(22)27/h2-4,6-9,12,20-21H,5,10-11,13-16H2,1H3/p+1. The number of likely N-dealkylation sites (tertiary alicyclic amines) is 1. The number of quaternary nitrogens is 1. The van der Waals surface area contributed by atoms with Gasteiger partial charge in [0.25, 0.3) is 0 Å². The van der Waals surface area contributed by atoms with Gasteiger partial charge < -0.3 is 9.64 Å². The molecule has 5 rings (SSSR count). The van der Waals surface area contributed by atoms with Crippen molar-refractivity contribution in [3.63, 3.8) is 0 Å². The van der Waals surface area contributed by atoms with Crippen LogP contribution in [0.2, 0.25) is 0 Å². The molecule has 4 atom stereocenters. The zero-order valence-corrected chi connectivity index (χ0v) is 18.2. The van der Waals surface area contributed by atoms with Gasteiger partial charge in [0.15, 0.2) is 0 Å².